The minimum absolute atomic E-state index is 0.149. The molecule has 2 atom stereocenters. The number of hydrogen-bond acceptors (Lipinski definition) is 5. The number of hydrogen-bond donors (Lipinski definition) is 1. The third kappa shape index (κ3) is 5.35. The van der Waals surface area contributed by atoms with Gasteiger partial charge in [0.25, 0.3) is 0 Å². The van der Waals surface area contributed by atoms with Gasteiger partial charge in [0.1, 0.15) is 11.5 Å². The maximum absolute atomic E-state index is 12.2. The molecule has 2 heterocycles. The van der Waals surface area contributed by atoms with Crippen molar-refractivity contribution in [1.82, 2.24) is 10.2 Å². The summed E-state index contributed by atoms with van der Waals surface area (Å²) in [4.78, 5) is 14.5. The van der Waals surface area contributed by atoms with E-state index in [9.17, 15) is 4.79 Å². The van der Waals surface area contributed by atoms with E-state index in [0.717, 1.165) is 69.0 Å². The molecule has 0 aromatic heterocycles. The Morgan fingerprint density at radius 3 is 2.65 bits per heavy atom. The topological polar surface area (TPSA) is 60.0 Å². The lowest BCUT2D eigenvalue weighted by Crippen LogP contribution is -2.37. The molecular formula is C20H30N2O4. The summed E-state index contributed by atoms with van der Waals surface area (Å²) in [5.41, 5.74) is 1.16. The van der Waals surface area contributed by atoms with E-state index < -0.39 is 0 Å². The molecule has 0 saturated carbocycles. The van der Waals surface area contributed by atoms with Crippen LogP contribution in [0.15, 0.2) is 18.2 Å². The predicted molar refractivity (Wildman–Crippen MR) is 99.6 cm³/mol. The van der Waals surface area contributed by atoms with E-state index in [2.05, 4.69) is 10.2 Å². The van der Waals surface area contributed by atoms with Crippen LogP contribution in [0.2, 0.25) is 0 Å². The number of methoxy groups -OCH3 is 2. The van der Waals surface area contributed by atoms with E-state index in [1.807, 2.05) is 18.2 Å². The number of carbonyl (C=O) groups is 1. The molecule has 0 aliphatic carbocycles. The maximum Gasteiger partial charge on any atom is 0.220 e. The molecule has 0 radical (unpaired) electrons. The predicted octanol–water partition coefficient (Wildman–Crippen LogP) is 2.35. The van der Waals surface area contributed by atoms with Crippen LogP contribution in [-0.2, 0) is 16.1 Å². The zero-order chi connectivity index (χ0) is 18.4. The van der Waals surface area contributed by atoms with Gasteiger partial charge in [-0.1, -0.05) is 0 Å². The van der Waals surface area contributed by atoms with Crippen molar-refractivity contribution in [3.05, 3.63) is 23.8 Å². The van der Waals surface area contributed by atoms with Crippen LogP contribution in [0, 0.1) is 0 Å². The molecule has 2 aliphatic rings. The minimum atomic E-state index is 0.149. The van der Waals surface area contributed by atoms with Crippen LogP contribution in [-0.4, -0.2) is 56.9 Å². The van der Waals surface area contributed by atoms with Gasteiger partial charge in [-0.3, -0.25) is 9.69 Å². The molecule has 1 aromatic rings. The molecule has 1 aromatic carbocycles. The number of nitrogens with one attached hydrogen (secondary N) is 1. The number of carbonyl (C=O) groups excluding carboxylic acids is 1. The summed E-state index contributed by atoms with van der Waals surface area (Å²) in [7, 11) is 3.33. The van der Waals surface area contributed by atoms with Crippen LogP contribution in [0.5, 0.6) is 11.5 Å². The lowest BCUT2D eigenvalue weighted by Gasteiger charge is -2.18. The fraction of sp³-hybridized carbons (Fsp3) is 0.650. The summed E-state index contributed by atoms with van der Waals surface area (Å²) in [6.07, 6.45) is 4.89. The molecule has 0 spiro atoms. The molecule has 26 heavy (non-hydrogen) atoms. The number of likely N-dealkylation sites (tertiary alicyclic amines) is 1. The molecule has 2 fully saturated rings. The molecular weight excluding hydrogens is 332 g/mol. The van der Waals surface area contributed by atoms with E-state index >= 15 is 0 Å². The fourth-order valence-corrected chi connectivity index (χ4v) is 3.77. The SMILES string of the molecule is COc1cc(CN2CCC(NC(=O)CC[C@H]3CCCO3)C2)cc(OC)c1. The lowest BCUT2D eigenvalue weighted by atomic mass is 10.1. The molecule has 2 aliphatic heterocycles. The first-order chi connectivity index (χ1) is 12.7. The van der Waals surface area contributed by atoms with Crippen molar-refractivity contribution in [3.63, 3.8) is 0 Å². The fourth-order valence-electron chi connectivity index (χ4n) is 3.77. The molecule has 6 heteroatoms. The Kier molecular flexibility index (Phi) is 6.74. The van der Waals surface area contributed by atoms with Crippen LogP contribution >= 0.6 is 0 Å². The molecule has 144 valence electrons. The standard InChI is InChI=1S/C20H30N2O4/c1-24-18-10-15(11-19(12-18)25-2)13-22-8-7-16(14-22)21-20(23)6-5-17-4-3-9-26-17/h10-12,16-17H,3-9,13-14H2,1-2H3,(H,21,23)/t16?,17-/m1/s1. The van der Waals surface area contributed by atoms with Gasteiger partial charge in [-0.25, -0.2) is 0 Å². The highest BCUT2D eigenvalue weighted by molar-refractivity contribution is 5.76. The number of ether oxygens (including phenoxy) is 3. The highest BCUT2D eigenvalue weighted by Gasteiger charge is 2.25. The van der Waals surface area contributed by atoms with E-state index in [4.69, 9.17) is 14.2 Å². The third-order valence-electron chi connectivity index (χ3n) is 5.17. The summed E-state index contributed by atoms with van der Waals surface area (Å²) in [5, 5.41) is 3.18. The van der Waals surface area contributed by atoms with Gasteiger partial charge < -0.3 is 19.5 Å². The largest absolute Gasteiger partial charge is 0.497 e. The highest BCUT2D eigenvalue weighted by atomic mass is 16.5. The van der Waals surface area contributed by atoms with E-state index in [1.54, 1.807) is 14.2 Å². The van der Waals surface area contributed by atoms with Gasteiger partial charge in [0.2, 0.25) is 5.91 Å². The molecule has 3 rings (SSSR count). The smallest absolute Gasteiger partial charge is 0.220 e. The van der Waals surface area contributed by atoms with E-state index in [0.29, 0.717) is 6.42 Å². The van der Waals surface area contributed by atoms with Crippen molar-refractivity contribution in [2.45, 2.75) is 50.8 Å². The Balaban J connectivity index is 1.44. The van der Waals surface area contributed by atoms with Crippen molar-refractivity contribution >= 4 is 5.91 Å². The Morgan fingerprint density at radius 2 is 2.00 bits per heavy atom. The Bertz CT molecular complexity index is 579. The summed E-state index contributed by atoms with van der Waals surface area (Å²) in [5.74, 6) is 1.76. The third-order valence-corrected chi connectivity index (χ3v) is 5.17. The number of benzene rings is 1. The zero-order valence-corrected chi connectivity index (χ0v) is 15.8. The molecule has 0 bridgehead atoms. The first-order valence-corrected chi connectivity index (χ1v) is 9.51. The Hall–Kier alpha value is -1.79. The van der Waals surface area contributed by atoms with Crippen LogP contribution < -0.4 is 14.8 Å². The number of amides is 1. The first-order valence-electron chi connectivity index (χ1n) is 9.51. The van der Waals surface area contributed by atoms with Gasteiger partial charge in [-0.2, -0.15) is 0 Å². The summed E-state index contributed by atoms with van der Waals surface area (Å²) >= 11 is 0. The highest BCUT2D eigenvalue weighted by Crippen LogP contribution is 2.24. The first kappa shape index (κ1) is 19.0. The molecule has 2 saturated heterocycles. The quantitative estimate of drug-likeness (QED) is 0.769. The van der Waals surface area contributed by atoms with Gasteiger partial charge in [-0.15, -0.1) is 0 Å². The summed E-state index contributed by atoms with van der Waals surface area (Å²) in [6.45, 7) is 3.54. The van der Waals surface area contributed by atoms with E-state index in [-0.39, 0.29) is 18.1 Å². The Labute approximate surface area is 155 Å². The van der Waals surface area contributed by atoms with Gasteiger partial charge in [0, 0.05) is 44.8 Å². The van der Waals surface area contributed by atoms with Crippen molar-refractivity contribution in [2.24, 2.45) is 0 Å². The molecule has 1 unspecified atom stereocenters. The second-order valence-corrected chi connectivity index (χ2v) is 7.18. The van der Waals surface area contributed by atoms with Crippen LogP contribution in [0.4, 0.5) is 0 Å². The Morgan fingerprint density at radius 1 is 1.23 bits per heavy atom. The number of nitrogens with zero attached hydrogens (tertiary/aromatic N) is 1. The average Bonchev–Trinajstić information content (AvgIpc) is 3.31. The van der Waals surface area contributed by atoms with E-state index in [1.165, 1.54) is 0 Å². The van der Waals surface area contributed by atoms with Crippen LogP contribution in [0.25, 0.3) is 0 Å². The van der Waals surface area contributed by atoms with Gasteiger partial charge in [0.15, 0.2) is 0 Å². The second kappa shape index (κ2) is 9.24. The molecule has 6 nitrogen and oxygen atoms in total. The monoisotopic (exact) mass is 362 g/mol. The summed E-state index contributed by atoms with van der Waals surface area (Å²) in [6, 6.07) is 6.19. The molecule has 1 N–H and O–H groups in total. The normalized spacial score (nSPS) is 23.2. The average molecular weight is 362 g/mol. The van der Waals surface area contributed by atoms with Gasteiger partial charge in [-0.05, 0) is 43.4 Å². The van der Waals surface area contributed by atoms with Crippen LogP contribution in [0.3, 0.4) is 0 Å². The van der Waals surface area contributed by atoms with Crippen LogP contribution in [0.1, 0.15) is 37.7 Å². The van der Waals surface area contributed by atoms with Gasteiger partial charge >= 0.3 is 0 Å². The second-order valence-electron chi connectivity index (χ2n) is 7.18. The van der Waals surface area contributed by atoms with Crippen molar-refractivity contribution in [3.8, 4) is 11.5 Å². The summed E-state index contributed by atoms with van der Waals surface area (Å²) < 4.78 is 16.3. The molecule has 1 amide bonds. The maximum atomic E-state index is 12.2. The van der Waals surface area contributed by atoms with Crippen molar-refractivity contribution in [2.75, 3.05) is 33.9 Å². The number of rotatable bonds is 8. The van der Waals surface area contributed by atoms with Crippen molar-refractivity contribution < 1.29 is 19.0 Å². The zero-order valence-electron chi connectivity index (χ0n) is 15.8. The lowest BCUT2D eigenvalue weighted by molar-refractivity contribution is -0.122. The van der Waals surface area contributed by atoms with Crippen molar-refractivity contribution in [1.29, 1.82) is 0 Å². The minimum Gasteiger partial charge on any atom is -0.497 e. The van der Waals surface area contributed by atoms with Gasteiger partial charge in [0.05, 0.1) is 20.3 Å².